The van der Waals surface area contributed by atoms with Crippen molar-refractivity contribution in [3.05, 3.63) is 11.9 Å². The second kappa shape index (κ2) is 5.80. The summed E-state index contributed by atoms with van der Waals surface area (Å²) in [7, 11) is 3.23. The third-order valence-corrected chi connectivity index (χ3v) is 8.64. The number of carbonyl (C=O) groups excluding carboxylic acids is 2. The van der Waals surface area contributed by atoms with Gasteiger partial charge in [0.15, 0.2) is 5.83 Å². The zero-order valence-electron chi connectivity index (χ0n) is 16.3. The smallest absolute Gasteiger partial charge is 0.309 e. The van der Waals surface area contributed by atoms with Gasteiger partial charge in [-0.2, -0.15) is 0 Å². The summed E-state index contributed by atoms with van der Waals surface area (Å²) in [6.45, 7) is 4.41. The molecule has 2 unspecified atom stereocenters. The number of likely N-dealkylation sites (N-methyl/N-ethyl adjacent to an activating group) is 1. The van der Waals surface area contributed by atoms with Crippen molar-refractivity contribution in [2.24, 2.45) is 34.5 Å². The molecule has 3 fully saturated rings. The van der Waals surface area contributed by atoms with Crippen LogP contribution in [0.15, 0.2) is 11.9 Å². The molecule has 3 aliphatic carbocycles. The molecule has 0 aromatic heterocycles. The van der Waals surface area contributed by atoms with Crippen LogP contribution in [0.5, 0.6) is 0 Å². The van der Waals surface area contributed by atoms with Crippen LogP contribution >= 0.6 is 0 Å². The molecule has 4 rings (SSSR count). The zero-order valence-corrected chi connectivity index (χ0v) is 16.3. The first-order valence-corrected chi connectivity index (χ1v) is 9.97. The number of carbonyl (C=O) groups is 2. The average Bonchev–Trinajstić information content (AvgIpc) is 2.96. The minimum atomic E-state index is -0.598. The van der Waals surface area contributed by atoms with Gasteiger partial charge in [0, 0.05) is 18.5 Å². The van der Waals surface area contributed by atoms with E-state index in [0.29, 0.717) is 17.8 Å². The van der Waals surface area contributed by atoms with E-state index in [9.17, 15) is 14.0 Å². The number of nitrogens with zero attached hydrogens (tertiary/aromatic N) is 1. The molecule has 3 saturated carbocycles. The Morgan fingerprint density at radius 1 is 1.19 bits per heavy atom. The molecule has 1 heterocycles. The first-order valence-electron chi connectivity index (χ1n) is 9.97. The first kappa shape index (κ1) is 18.0. The molecular formula is C21H30FNO3. The fourth-order valence-electron chi connectivity index (χ4n) is 7.36. The van der Waals surface area contributed by atoms with E-state index in [1.807, 2.05) is 0 Å². The van der Waals surface area contributed by atoms with Gasteiger partial charge in [0.2, 0.25) is 0 Å². The fraction of sp³-hybridized carbons (Fsp3) is 0.810. The predicted octanol–water partition coefficient (Wildman–Crippen LogP) is 3.71. The number of methoxy groups -OCH3 is 1. The lowest BCUT2D eigenvalue weighted by atomic mass is 9.47. The summed E-state index contributed by atoms with van der Waals surface area (Å²) < 4.78 is 19.5. The normalized spacial score (nSPS) is 47.6. The van der Waals surface area contributed by atoms with Gasteiger partial charge >= 0.3 is 5.97 Å². The standard InChI is InChI=1S/C21H30FNO3/c1-20-10-9-14-12(13(20)6-7-15(20)19(25)26-4)5-8-17-21(14,2)11-16(22)18(24)23(17)3/h11-15,17H,5-10H2,1-4H3/t12-,13-,14+,15?,17?,20-,21+/m0/s1. The molecule has 1 aliphatic heterocycles. The van der Waals surface area contributed by atoms with Crippen LogP contribution in [0, 0.1) is 34.5 Å². The molecule has 4 nitrogen and oxygen atoms in total. The van der Waals surface area contributed by atoms with Gasteiger partial charge in [0.05, 0.1) is 13.0 Å². The molecular weight excluding hydrogens is 333 g/mol. The minimum Gasteiger partial charge on any atom is -0.469 e. The number of hydrogen-bond acceptors (Lipinski definition) is 3. The summed E-state index contributed by atoms with van der Waals surface area (Å²) in [6.07, 6.45) is 7.54. The Balaban J connectivity index is 1.68. The lowest BCUT2D eigenvalue weighted by Gasteiger charge is -2.60. The van der Waals surface area contributed by atoms with Gasteiger partial charge in [-0.05, 0) is 67.8 Å². The van der Waals surface area contributed by atoms with Crippen LogP contribution in [0.25, 0.3) is 0 Å². The highest BCUT2D eigenvalue weighted by molar-refractivity contribution is 5.92. The van der Waals surface area contributed by atoms with Crippen LogP contribution in [0.3, 0.4) is 0 Å². The largest absolute Gasteiger partial charge is 0.469 e. The Hall–Kier alpha value is -1.39. The molecule has 0 saturated heterocycles. The Labute approximate surface area is 155 Å². The zero-order chi connectivity index (χ0) is 18.9. The fourth-order valence-corrected chi connectivity index (χ4v) is 7.36. The van der Waals surface area contributed by atoms with E-state index < -0.39 is 11.7 Å². The van der Waals surface area contributed by atoms with Gasteiger partial charge in [-0.15, -0.1) is 0 Å². The van der Waals surface area contributed by atoms with Crippen LogP contribution in [0.4, 0.5) is 4.39 Å². The van der Waals surface area contributed by atoms with Gasteiger partial charge in [-0.1, -0.05) is 13.8 Å². The quantitative estimate of drug-likeness (QED) is 0.667. The summed E-state index contributed by atoms with van der Waals surface area (Å²) in [4.78, 5) is 26.1. The minimum absolute atomic E-state index is 0.00387. The first-order chi connectivity index (χ1) is 12.2. The number of rotatable bonds is 1. The van der Waals surface area contributed by atoms with Crippen molar-refractivity contribution >= 4 is 11.9 Å². The maximum atomic E-state index is 14.4. The maximum Gasteiger partial charge on any atom is 0.309 e. The Kier molecular flexibility index (Phi) is 4.02. The molecule has 0 radical (unpaired) electrons. The Bertz CT molecular complexity index is 676. The van der Waals surface area contributed by atoms with Crippen LogP contribution < -0.4 is 0 Å². The van der Waals surface area contributed by atoms with Gasteiger partial charge < -0.3 is 9.64 Å². The van der Waals surface area contributed by atoms with Gasteiger partial charge in [-0.3, -0.25) is 9.59 Å². The molecule has 26 heavy (non-hydrogen) atoms. The van der Waals surface area contributed by atoms with Crippen molar-refractivity contribution in [1.82, 2.24) is 4.90 Å². The van der Waals surface area contributed by atoms with Crippen molar-refractivity contribution in [1.29, 1.82) is 0 Å². The Morgan fingerprint density at radius 3 is 2.62 bits per heavy atom. The Morgan fingerprint density at radius 2 is 1.92 bits per heavy atom. The van der Waals surface area contributed by atoms with Crippen molar-refractivity contribution < 1.29 is 18.7 Å². The van der Waals surface area contributed by atoms with E-state index in [1.165, 1.54) is 7.11 Å². The predicted molar refractivity (Wildman–Crippen MR) is 95.6 cm³/mol. The van der Waals surface area contributed by atoms with E-state index in [0.717, 1.165) is 38.5 Å². The summed E-state index contributed by atoms with van der Waals surface area (Å²) >= 11 is 0. The van der Waals surface area contributed by atoms with Crippen molar-refractivity contribution in [3.8, 4) is 0 Å². The van der Waals surface area contributed by atoms with E-state index in [-0.39, 0.29) is 28.8 Å². The summed E-state index contributed by atoms with van der Waals surface area (Å²) in [5, 5.41) is 0. The van der Waals surface area contributed by atoms with Crippen LogP contribution in [0.1, 0.15) is 52.4 Å². The molecule has 7 atom stereocenters. The van der Waals surface area contributed by atoms with Crippen molar-refractivity contribution in [2.75, 3.05) is 14.2 Å². The molecule has 5 heteroatoms. The van der Waals surface area contributed by atoms with Crippen LogP contribution in [0.2, 0.25) is 0 Å². The van der Waals surface area contributed by atoms with Crippen LogP contribution in [-0.4, -0.2) is 37.0 Å². The van der Waals surface area contributed by atoms with Crippen LogP contribution in [-0.2, 0) is 14.3 Å². The van der Waals surface area contributed by atoms with E-state index in [4.69, 9.17) is 4.74 Å². The molecule has 0 aromatic carbocycles. The highest BCUT2D eigenvalue weighted by atomic mass is 19.1. The van der Waals surface area contributed by atoms with E-state index >= 15 is 0 Å². The van der Waals surface area contributed by atoms with E-state index in [1.54, 1.807) is 18.0 Å². The van der Waals surface area contributed by atoms with E-state index in [2.05, 4.69) is 13.8 Å². The topological polar surface area (TPSA) is 46.6 Å². The SMILES string of the molecule is COC(=O)C1CC[C@H]2[C@@H]3CCC4N(C)C(=O)C(F)=C[C@]4(C)[C@@H]3CC[C@]12C. The second-order valence-electron chi connectivity index (χ2n) is 9.44. The molecule has 1 amide bonds. The summed E-state index contributed by atoms with van der Waals surface area (Å²) in [5.41, 5.74) is -0.309. The van der Waals surface area contributed by atoms with Crippen molar-refractivity contribution in [3.63, 3.8) is 0 Å². The molecule has 0 N–H and O–H groups in total. The number of hydrogen-bond donors (Lipinski definition) is 0. The molecule has 0 spiro atoms. The molecule has 0 bridgehead atoms. The number of fused-ring (bicyclic) bond motifs is 5. The number of esters is 1. The third-order valence-electron chi connectivity index (χ3n) is 8.64. The lowest BCUT2D eigenvalue weighted by molar-refractivity contribution is -0.156. The second-order valence-corrected chi connectivity index (χ2v) is 9.44. The highest BCUT2D eigenvalue weighted by Crippen LogP contribution is 2.65. The summed E-state index contributed by atoms with van der Waals surface area (Å²) in [6, 6.07) is 0.0814. The highest BCUT2D eigenvalue weighted by Gasteiger charge is 2.62. The third kappa shape index (κ3) is 2.18. The molecule has 144 valence electrons. The number of halogens is 1. The molecule has 0 aromatic rings. The number of amides is 1. The number of ether oxygens (including phenoxy) is 1. The van der Waals surface area contributed by atoms with Gasteiger partial charge in [0.1, 0.15) is 0 Å². The average molecular weight is 363 g/mol. The van der Waals surface area contributed by atoms with Gasteiger partial charge in [-0.25, -0.2) is 4.39 Å². The summed E-state index contributed by atoms with van der Waals surface area (Å²) in [5.74, 6) is 0.210. The lowest BCUT2D eigenvalue weighted by Crippen LogP contribution is -2.60. The van der Waals surface area contributed by atoms with Gasteiger partial charge in [0.25, 0.3) is 5.91 Å². The maximum absolute atomic E-state index is 14.4. The monoisotopic (exact) mass is 363 g/mol. The van der Waals surface area contributed by atoms with Crippen molar-refractivity contribution in [2.45, 2.75) is 58.4 Å². The molecule has 4 aliphatic rings.